The van der Waals surface area contributed by atoms with Gasteiger partial charge in [-0.3, -0.25) is 24.1 Å². The summed E-state index contributed by atoms with van der Waals surface area (Å²) in [6.07, 6.45) is -0.284. The lowest BCUT2D eigenvalue weighted by atomic mass is 10.0. The van der Waals surface area contributed by atoms with Gasteiger partial charge in [-0.15, -0.1) is 0 Å². The minimum absolute atomic E-state index is 0.0967. The highest BCUT2D eigenvalue weighted by molar-refractivity contribution is 7.98. The van der Waals surface area contributed by atoms with Crippen LogP contribution < -0.4 is 16.0 Å². The Morgan fingerprint density at radius 2 is 1.44 bits per heavy atom. The Hall–Kier alpha value is -4.15. The Morgan fingerprint density at radius 3 is 2.03 bits per heavy atom. The van der Waals surface area contributed by atoms with Crippen LogP contribution >= 0.6 is 11.8 Å². The molecule has 0 aliphatic heterocycles. The first-order valence-electron chi connectivity index (χ1n) is 12.3. The van der Waals surface area contributed by atoms with Crippen molar-refractivity contribution in [2.24, 2.45) is 5.73 Å². The lowest BCUT2D eigenvalue weighted by molar-refractivity contribution is -0.139. The molecule has 10 heteroatoms. The van der Waals surface area contributed by atoms with Crippen LogP contribution in [0.5, 0.6) is 0 Å². The quantitative estimate of drug-likeness (QED) is 0.239. The lowest BCUT2D eigenvalue weighted by Gasteiger charge is -2.27. The molecular weight excluding hydrogens is 518 g/mol. The predicted octanol–water partition coefficient (Wildman–Crippen LogP) is 3.38. The van der Waals surface area contributed by atoms with Crippen molar-refractivity contribution in [3.05, 3.63) is 90.5 Å². The fourth-order valence-corrected chi connectivity index (χ4v) is 4.81. The topological polar surface area (TPSA) is 150 Å². The van der Waals surface area contributed by atoms with E-state index >= 15 is 0 Å². The highest BCUT2D eigenvalue weighted by Gasteiger charge is 2.29. The number of para-hydroxylation sites is 1. The molecule has 0 fully saturated rings. The predicted molar refractivity (Wildman–Crippen MR) is 151 cm³/mol. The number of benzene rings is 3. The van der Waals surface area contributed by atoms with Gasteiger partial charge in [-0.05, 0) is 35.2 Å². The van der Waals surface area contributed by atoms with Crippen molar-refractivity contribution in [3.8, 4) is 11.1 Å². The maximum Gasteiger partial charge on any atom is 0.323 e. The summed E-state index contributed by atoms with van der Waals surface area (Å²) in [6, 6.07) is 24.1. The number of carbonyl (C=O) groups excluding carboxylic acids is 2. The van der Waals surface area contributed by atoms with Crippen LogP contribution in [0.1, 0.15) is 18.4 Å². The zero-order valence-electron chi connectivity index (χ0n) is 21.2. The molecule has 39 heavy (non-hydrogen) atoms. The molecule has 2 atom stereocenters. The summed E-state index contributed by atoms with van der Waals surface area (Å²) >= 11 is 1.42. The molecule has 5 N–H and O–H groups in total. The van der Waals surface area contributed by atoms with E-state index in [-0.39, 0.29) is 18.6 Å². The molecule has 3 aromatic rings. The molecular formula is C29H31N3O6S. The SMILES string of the molecule is NC(CCC(=O)N[C@@H](CSCc1ccc(-c2ccccc2)cc1)C(=O)N(CC(=O)O)c1ccccc1)C(=O)O. The van der Waals surface area contributed by atoms with Crippen molar-refractivity contribution >= 4 is 41.2 Å². The van der Waals surface area contributed by atoms with Crippen LogP contribution in [0.2, 0.25) is 0 Å². The highest BCUT2D eigenvalue weighted by Crippen LogP contribution is 2.22. The molecule has 0 radical (unpaired) electrons. The number of nitrogens with two attached hydrogens (primary N) is 1. The Labute approximate surface area is 231 Å². The summed E-state index contributed by atoms with van der Waals surface area (Å²) in [5.74, 6) is -2.80. The maximum absolute atomic E-state index is 13.5. The van der Waals surface area contributed by atoms with E-state index < -0.39 is 42.4 Å². The van der Waals surface area contributed by atoms with Gasteiger partial charge in [-0.1, -0.05) is 72.8 Å². The Morgan fingerprint density at radius 1 is 0.846 bits per heavy atom. The van der Waals surface area contributed by atoms with Gasteiger partial charge in [0.1, 0.15) is 18.6 Å². The molecule has 3 aromatic carbocycles. The zero-order chi connectivity index (χ0) is 28.2. The molecule has 0 saturated carbocycles. The van der Waals surface area contributed by atoms with E-state index in [1.807, 2.05) is 54.6 Å². The Balaban J connectivity index is 1.71. The minimum atomic E-state index is -1.22. The lowest BCUT2D eigenvalue weighted by Crippen LogP contribution is -2.51. The number of anilines is 1. The van der Waals surface area contributed by atoms with Gasteiger partial charge >= 0.3 is 11.9 Å². The number of nitrogens with one attached hydrogen (secondary N) is 1. The molecule has 204 valence electrons. The number of thioether (sulfide) groups is 1. The van der Waals surface area contributed by atoms with Gasteiger partial charge in [0.25, 0.3) is 5.91 Å². The number of nitrogens with zero attached hydrogens (tertiary/aromatic N) is 1. The molecule has 0 aliphatic carbocycles. The van der Waals surface area contributed by atoms with Gasteiger partial charge < -0.3 is 21.3 Å². The second-order valence-corrected chi connectivity index (χ2v) is 9.87. The number of hydrogen-bond acceptors (Lipinski definition) is 6. The second-order valence-electron chi connectivity index (χ2n) is 8.84. The van der Waals surface area contributed by atoms with Crippen LogP contribution in [-0.2, 0) is 24.9 Å². The van der Waals surface area contributed by atoms with Gasteiger partial charge in [0.15, 0.2) is 0 Å². The van der Waals surface area contributed by atoms with E-state index in [4.69, 9.17) is 10.8 Å². The van der Waals surface area contributed by atoms with Crippen LogP contribution in [0.4, 0.5) is 5.69 Å². The molecule has 9 nitrogen and oxygen atoms in total. The van der Waals surface area contributed by atoms with E-state index in [1.54, 1.807) is 30.3 Å². The summed E-state index contributed by atoms with van der Waals surface area (Å²) in [5, 5.41) is 21.1. The van der Waals surface area contributed by atoms with Gasteiger partial charge in [0, 0.05) is 23.6 Å². The smallest absolute Gasteiger partial charge is 0.323 e. The first-order valence-corrected chi connectivity index (χ1v) is 13.5. The highest BCUT2D eigenvalue weighted by atomic mass is 32.2. The van der Waals surface area contributed by atoms with Crippen molar-refractivity contribution < 1.29 is 29.4 Å². The maximum atomic E-state index is 13.5. The van der Waals surface area contributed by atoms with E-state index in [1.165, 1.54) is 11.8 Å². The van der Waals surface area contributed by atoms with Gasteiger partial charge in [0.05, 0.1) is 0 Å². The number of carbonyl (C=O) groups is 4. The number of amides is 2. The normalized spacial score (nSPS) is 12.2. The van der Waals surface area contributed by atoms with Crippen molar-refractivity contribution in [3.63, 3.8) is 0 Å². The van der Waals surface area contributed by atoms with E-state index in [9.17, 15) is 24.3 Å². The Kier molecular flexibility index (Phi) is 11.1. The Bertz CT molecular complexity index is 1260. The first-order chi connectivity index (χ1) is 18.7. The van der Waals surface area contributed by atoms with Crippen molar-refractivity contribution in [1.82, 2.24) is 5.32 Å². The number of rotatable bonds is 14. The molecule has 3 rings (SSSR count). The van der Waals surface area contributed by atoms with Gasteiger partial charge in [0.2, 0.25) is 5.91 Å². The molecule has 0 heterocycles. The number of carboxylic acid groups (broad SMARTS) is 2. The number of aliphatic carboxylic acids is 2. The van der Waals surface area contributed by atoms with E-state index in [0.717, 1.165) is 21.6 Å². The van der Waals surface area contributed by atoms with E-state index in [0.29, 0.717) is 11.4 Å². The van der Waals surface area contributed by atoms with Crippen molar-refractivity contribution in [2.75, 3.05) is 17.2 Å². The monoisotopic (exact) mass is 549 g/mol. The van der Waals surface area contributed by atoms with Crippen LogP contribution in [0.15, 0.2) is 84.9 Å². The molecule has 0 spiro atoms. The van der Waals surface area contributed by atoms with Crippen LogP contribution in [0.3, 0.4) is 0 Å². The summed E-state index contributed by atoms with van der Waals surface area (Å²) in [7, 11) is 0. The van der Waals surface area contributed by atoms with Crippen molar-refractivity contribution in [1.29, 1.82) is 0 Å². The van der Waals surface area contributed by atoms with Gasteiger partial charge in [-0.2, -0.15) is 11.8 Å². The number of hydrogen-bond donors (Lipinski definition) is 4. The minimum Gasteiger partial charge on any atom is -0.480 e. The third kappa shape index (κ3) is 9.27. The van der Waals surface area contributed by atoms with Crippen LogP contribution in [-0.4, -0.2) is 58.3 Å². The van der Waals surface area contributed by atoms with Crippen molar-refractivity contribution in [2.45, 2.75) is 30.7 Å². The standard InChI is InChI=1S/C29H31N3O6S/c30-24(29(37)38)15-16-26(33)31-25(28(36)32(17-27(34)35)23-9-5-2-6-10-23)19-39-18-20-11-13-22(14-12-20)21-7-3-1-4-8-21/h1-14,24-25H,15-19,30H2,(H,31,33)(H,34,35)(H,37,38)/t24?,25-/m0/s1. The first kappa shape index (κ1) is 29.4. The summed E-state index contributed by atoms with van der Waals surface area (Å²) in [6.45, 7) is -0.579. The molecule has 0 saturated heterocycles. The summed E-state index contributed by atoms with van der Waals surface area (Å²) in [5.41, 5.74) is 9.10. The second kappa shape index (κ2) is 14.7. The van der Waals surface area contributed by atoms with E-state index in [2.05, 4.69) is 5.32 Å². The molecule has 1 unspecified atom stereocenters. The van der Waals surface area contributed by atoms with Crippen LogP contribution in [0, 0.1) is 0 Å². The molecule has 0 aliphatic rings. The zero-order valence-corrected chi connectivity index (χ0v) is 22.0. The summed E-state index contributed by atoms with van der Waals surface area (Å²) < 4.78 is 0. The average molecular weight is 550 g/mol. The van der Waals surface area contributed by atoms with Crippen LogP contribution in [0.25, 0.3) is 11.1 Å². The number of carboxylic acids is 2. The average Bonchev–Trinajstić information content (AvgIpc) is 2.95. The third-order valence-corrected chi connectivity index (χ3v) is 6.98. The third-order valence-electron chi connectivity index (χ3n) is 5.87. The largest absolute Gasteiger partial charge is 0.480 e. The fraction of sp³-hybridized carbons (Fsp3) is 0.241. The molecule has 2 amide bonds. The van der Waals surface area contributed by atoms with Gasteiger partial charge in [-0.25, -0.2) is 0 Å². The fourth-order valence-electron chi connectivity index (χ4n) is 3.80. The molecule has 0 aromatic heterocycles. The molecule has 0 bridgehead atoms. The summed E-state index contributed by atoms with van der Waals surface area (Å²) in [4.78, 5) is 49.8.